The van der Waals surface area contributed by atoms with Gasteiger partial charge in [0.2, 0.25) is 0 Å². The molecule has 2 unspecified atom stereocenters. The zero-order chi connectivity index (χ0) is 5.56. The average molecular weight is 110 g/mol. The van der Waals surface area contributed by atoms with Crippen LogP contribution in [0.25, 0.3) is 0 Å². The van der Waals surface area contributed by atoms with Gasteiger partial charge in [0.25, 0.3) is 0 Å². The highest BCUT2D eigenvalue weighted by Crippen LogP contribution is 2.50. The van der Waals surface area contributed by atoms with Gasteiger partial charge < -0.3 is 0 Å². The molecule has 0 bridgehead atoms. The molecule has 8 heavy (non-hydrogen) atoms. The second-order valence-corrected chi connectivity index (χ2v) is 3.57. The van der Waals surface area contributed by atoms with E-state index in [1.165, 1.54) is 12.3 Å². The first-order chi connectivity index (χ1) is 3.88. The topological polar surface area (TPSA) is 0 Å². The first-order valence-corrected chi connectivity index (χ1v) is 3.88. The van der Waals surface area contributed by atoms with Gasteiger partial charge in [0.15, 0.2) is 0 Å². The highest BCUT2D eigenvalue weighted by Gasteiger charge is 2.40. The van der Waals surface area contributed by atoms with Crippen molar-refractivity contribution < 1.29 is 0 Å². The predicted molar refractivity (Wildman–Crippen MR) is 34.6 cm³/mol. The van der Waals surface area contributed by atoms with Gasteiger partial charge in [-0.2, -0.15) is 0 Å². The lowest BCUT2D eigenvalue weighted by Gasteiger charge is -2.37. The Labute approximate surface area is 51.3 Å². The Balaban J connectivity index is 2.02. The molecule has 0 radical (unpaired) electrons. The van der Waals surface area contributed by atoms with E-state index in [0.717, 1.165) is 11.8 Å². The Morgan fingerprint density at radius 1 is 1.25 bits per heavy atom. The molecule has 0 heteroatoms. The van der Waals surface area contributed by atoms with Crippen LogP contribution in [0, 0.1) is 17.8 Å². The van der Waals surface area contributed by atoms with Crippen molar-refractivity contribution >= 4 is 0 Å². The van der Waals surface area contributed by atoms with Gasteiger partial charge in [0.05, 0.1) is 0 Å². The van der Waals surface area contributed by atoms with Gasteiger partial charge in [-0.1, -0.05) is 19.8 Å². The van der Waals surface area contributed by atoms with E-state index in [4.69, 9.17) is 0 Å². The lowest BCUT2D eigenvalue weighted by molar-refractivity contribution is 0.120. The van der Waals surface area contributed by atoms with Crippen molar-refractivity contribution in [2.75, 3.05) is 0 Å². The van der Waals surface area contributed by atoms with E-state index in [-0.39, 0.29) is 0 Å². The normalized spacial score (nSPS) is 52.9. The fourth-order valence-electron chi connectivity index (χ4n) is 2.56. The maximum absolute atomic E-state index is 2.41. The monoisotopic (exact) mass is 110 g/mol. The summed E-state index contributed by atoms with van der Waals surface area (Å²) in [7, 11) is 0. The maximum atomic E-state index is 2.41. The van der Waals surface area contributed by atoms with E-state index in [1.54, 1.807) is 19.3 Å². The van der Waals surface area contributed by atoms with Gasteiger partial charge in [0, 0.05) is 0 Å². The van der Waals surface area contributed by atoms with E-state index in [2.05, 4.69) is 6.92 Å². The van der Waals surface area contributed by atoms with Crippen molar-refractivity contribution in [1.82, 2.24) is 0 Å². The molecule has 0 aromatic carbocycles. The van der Waals surface area contributed by atoms with E-state index in [1.807, 2.05) is 0 Å². The second kappa shape index (κ2) is 1.49. The van der Waals surface area contributed by atoms with Crippen molar-refractivity contribution in [2.24, 2.45) is 17.8 Å². The SMILES string of the molecule is CC1CC2CCC[C@@H]12. The van der Waals surface area contributed by atoms with Gasteiger partial charge in [-0.3, -0.25) is 0 Å². The summed E-state index contributed by atoms with van der Waals surface area (Å²) >= 11 is 0. The summed E-state index contributed by atoms with van der Waals surface area (Å²) in [5.74, 6) is 3.42. The molecule has 2 saturated carbocycles. The average Bonchev–Trinajstić information content (AvgIpc) is 2.09. The summed E-state index contributed by atoms with van der Waals surface area (Å²) < 4.78 is 0. The maximum Gasteiger partial charge on any atom is -0.0360 e. The molecule has 3 atom stereocenters. The van der Waals surface area contributed by atoms with Crippen LogP contribution in [0.15, 0.2) is 0 Å². The summed E-state index contributed by atoms with van der Waals surface area (Å²) in [6, 6.07) is 0. The molecule has 0 saturated heterocycles. The third-order valence-corrected chi connectivity index (χ3v) is 3.12. The summed E-state index contributed by atoms with van der Waals surface area (Å²) in [4.78, 5) is 0. The molecule has 2 aliphatic rings. The molecule has 2 fully saturated rings. The smallest absolute Gasteiger partial charge is 0.0360 e. The quantitative estimate of drug-likeness (QED) is 0.449. The Morgan fingerprint density at radius 2 is 2.12 bits per heavy atom. The van der Waals surface area contributed by atoms with Gasteiger partial charge in [-0.25, -0.2) is 0 Å². The molecule has 2 rings (SSSR count). The molecule has 0 aromatic heterocycles. The Bertz CT molecular complexity index is 96.2. The minimum absolute atomic E-state index is 1.09. The molecule has 0 amide bonds. The fourth-order valence-corrected chi connectivity index (χ4v) is 2.56. The zero-order valence-electron chi connectivity index (χ0n) is 5.56. The van der Waals surface area contributed by atoms with Crippen molar-refractivity contribution in [2.45, 2.75) is 32.6 Å². The van der Waals surface area contributed by atoms with E-state index in [0.29, 0.717) is 0 Å². The summed E-state index contributed by atoms with van der Waals surface area (Å²) in [6.07, 6.45) is 6.17. The molecular formula is C8H14. The lowest BCUT2D eigenvalue weighted by Crippen LogP contribution is -2.29. The fraction of sp³-hybridized carbons (Fsp3) is 1.00. The summed E-state index contributed by atoms with van der Waals surface area (Å²) in [6.45, 7) is 2.41. The second-order valence-electron chi connectivity index (χ2n) is 3.57. The minimum atomic E-state index is 1.09. The molecular weight excluding hydrogens is 96.1 g/mol. The van der Waals surface area contributed by atoms with Crippen LogP contribution in [0.3, 0.4) is 0 Å². The van der Waals surface area contributed by atoms with Crippen molar-refractivity contribution in [3.05, 3.63) is 0 Å². The lowest BCUT2D eigenvalue weighted by atomic mass is 9.68. The van der Waals surface area contributed by atoms with E-state index >= 15 is 0 Å². The van der Waals surface area contributed by atoms with Crippen molar-refractivity contribution in [3.63, 3.8) is 0 Å². The molecule has 46 valence electrons. The highest BCUT2D eigenvalue weighted by atomic mass is 14.5. The van der Waals surface area contributed by atoms with Gasteiger partial charge in [-0.15, -0.1) is 0 Å². The summed E-state index contributed by atoms with van der Waals surface area (Å²) in [5, 5.41) is 0. The standard InChI is InChI=1S/C8H14/c1-6-5-7-3-2-4-8(6)7/h6-8H,2-5H2,1H3/t6?,7?,8-/m0/s1. The molecule has 0 aromatic rings. The van der Waals surface area contributed by atoms with Crippen molar-refractivity contribution in [3.8, 4) is 0 Å². The number of fused-ring (bicyclic) bond motifs is 1. The Kier molecular flexibility index (Phi) is 0.902. The Morgan fingerprint density at radius 3 is 2.62 bits per heavy atom. The first kappa shape index (κ1) is 4.84. The van der Waals surface area contributed by atoms with E-state index in [9.17, 15) is 0 Å². The molecule has 0 aliphatic heterocycles. The van der Waals surface area contributed by atoms with Crippen LogP contribution < -0.4 is 0 Å². The third kappa shape index (κ3) is 0.463. The molecule has 0 N–H and O–H groups in total. The molecule has 0 heterocycles. The van der Waals surface area contributed by atoms with Crippen LogP contribution >= 0.6 is 0 Å². The zero-order valence-corrected chi connectivity index (χ0v) is 5.56. The molecule has 0 spiro atoms. The van der Waals surface area contributed by atoms with Crippen LogP contribution in [0.5, 0.6) is 0 Å². The van der Waals surface area contributed by atoms with Crippen LogP contribution in [0.4, 0.5) is 0 Å². The molecule has 2 aliphatic carbocycles. The Hall–Kier alpha value is 0. The number of hydrogen-bond donors (Lipinski definition) is 0. The van der Waals surface area contributed by atoms with Gasteiger partial charge in [-0.05, 0) is 30.6 Å². The largest absolute Gasteiger partial charge is 0.0622 e. The van der Waals surface area contributed by atoms with Gasteiger partial charge in [0.1, 0.15) is 0 Å². The third-order valence-electron chi connectivity index (χ3n) is 3.12. The molecule has 0 nitrogen and oxygen atoms in total. The van der Waals surface area contributed by atoms with Gasteiger partial charge >= 0.3 is 0 Å². The van der Waals surface area contributed by atoms with E-state index < -0.39 is 0 Å². The predicted octanol–water partition coefficient (Wildman–Crippen LogP) is 2.44. The van der Waals surface area contributed by atoms with Crippen LogP contribution in [-0.4, -0.2) is 0 Å². The van der Waals surface area contributed by atoms with Crippen LogP contribution in [0.1, 0.15) is 32.6 Å². The van der Waals surface area contributed by atoms with Crippen LogP contribution in [0.2, 0.25) is 0 Å². The number of hydrogen-bond acceptors (Lipinski definition) is 0. The minimum Gasteiger partial charge on any atom is -0.0622 e. The van der Waals surface area contributed by atoms with Crippen LogP contribution in [-0.2, 0) is 0 Å². The highest BCUT2D eigenvalue weighted by molar-refractivity contribution is 4.90. The number of rotatable bonds is 0. The summed E-state index contributed by atoms with van der Waals surface area (Å²) in [5.41, 5.74) is 0. The van der Waals surface area contributed by atoms with Crippen molar-refractivity contribution in [1.29, 1.82) is 0 Å². The first-order valence-electron chi connectivity index (χ1n) is 3.88.